The minimum atomic E-state index is 0.200. The Kier molecular flexibility index (Phi) is 4.78. The van der Waals surface area contributed by atoms with Gasteiger partial charge in [-0.15, -0.1) is 5.10 Å². The minimum Gasteiger partial charge on any atom is -0.494 e. The first-order valence-corrected chi connectivity index (χ1v) is 6.46. The second-order valence-corrected chi connectivity index (χ2v) is 3.85. The van der Waals surface area contributed by atoms with Crippen molar-refractivity contribution in [3.8, 4) is 11.5 Å². The number of anilines is 2. The van der Waals surface area contributed by atoms with Crippen molar-refractivity contribution in [3.05, 3.63) is 24.1 Å². The standard InChI is InChI=1S/C13H18N4O3/c1-3-18-9-5-6-11(19-4-2)10(7-9)15-13-17-16-12(8-14)20-13/h5-7H,3-4,8,14H2,1-2H3,(H,15,17). The lowest BCUT2D eigenvalue weighted by Gasteiger charge is -2.12. The number of nitrogens with two attached hydrogens (primary N) is 1. The minimum absolute atomic E-state index is 0.200. The molecule has 0 saturated carbocycles. The third-order valence-corrected chi connectivity index (χ3v) is 2.44. The molecule has 2 rings (SSSR count). The number of rotatable bonds is 7. The lowest BCUT2D eigenvalue weighted by atomic mass is 10.2. The van der Waals surface area contributed by atoms with Crippen LogP contribution < -0.4 is 20.5 Å². The largest absolute Gasteiger partial charge is 0.494 e. The van der Waals surface area contributed by atoms with E-state index in [9.17, 15) is 0 Å². The predicted octanol–water partition coefficient (Wildman–Crippen LogP) is 2.07. The Bertz CT molecular complexity index is 556. The van der Waals surface area contributed by atoms with Crippen molar-refractivity contribution in [1.29, 1.82) is 0 Å². The van der Waals surface area contributed by atoms with Gasteiger partial charge in [-0.1, -0.05) is 5.10 Å². The molecule has 3 N–H and O–H groups in total. The summed E-state index contributed by atoms with van der Waals surface area (Å²) in [5.41, 5.74) is 6.13. The number of nitrogens with zero attached hydrogens (tertiary/aromatic N) is 2. The number of nitrogens with one attached hydrogen (secondary N) is 1. The zero-order chi connectivity index (χ0) is 14.4. The van der Waals surface area contributed by atoms with E-state index < -0.39 is 0 Å². The molecular formula is C13H18N4O3. The second kappa shape index (κ2) is 6.76. The number of hydrogen-bond donors (Lipinski definition) is 2. The zero-order valence-electron chi connectivity index (χ0n) is 11.5. The molecule has 0 atom stereocenters. The Morgan fingerprint density at radius 3 is 2.65 bits per heavy atom. The van der Waals surface area contributed by atoms with Gasteiger partial charge >= 0.3 is 6.01 Å². The summed E-state index contributed by atoms with van der Waals surface area (Å²) in [5, 5.41) is 10.7. The van der Waals surface area contributed by atoms with Gasteiger partial charge in [-0.25, -0.2) is 0 Å². The molecule has 0 amide bonds. The van der Waals surface area contributed by atoms with E-state index >= 15 is 0 Å². The van der Waals surface area contributed by atoms with Gasteiger partial charge in [0.25, 0.3) is 0 Å². The molecular weight excluding hydrogens is 260 g/mol. The van der Waals surface area contributed by atoms with Crippen LogP contribution in [-0.4, -0.2) is 23.4 Å². The first-order chi connectivity index (χ1) is 9.76. The van der Waals surface area contributed by atoms with Crippen LogP contribution in [0.4, 0.5) is 11.7 Å². The van der Waals surface area contributed by atoms with Crippen LogP contribution in [0.2, 0.25) is 0 Å². The molecule has 0 spiro atoms. The molecule has 1 heterocycles. The topological polar surface area (TPSA) is 95.4 Å². The van der Waals surface area contributed by atoms with E-state index in [4.69, 9.17) is 19.6 Å². The van der Waals surface area contributed by atoms with Crippen LogP contribution in [-0.2, 0) is 6.54 Å². The van der Waals surface area contributed by atoms with E-state index in [1.54, 1.807) is 0 Å². The second-order valence-electron chi connectivity index (χ2n) is 3.85. The van der Waals surface area contributed by atoms with Gasteiger partial charge in [-0.05, 0) is 26.0 Å². The van der Waals surface area contributed by atoms with Crippen molar-refractivity contribution in [2.24, 2.45) is 5.73 Å². The van der Waals surface area contributed by atoms with Crippen molar-refractivity contribution < 1.29 is 13.9 Å². The fourth-order valence-electron chi connectivity index (χ4n) is 1.65. The zero-order valence-corrected chi connectivity index (χ0v) is 11.5. The summed E-state index contributed by atoms with van der Waals surface area (Å²) in [7, 11) is 0. The summed E-state index contributed by atoms with van der Waals surface area (Å²) in [6.45, 7) is 5.19. The van der Waals surface area contributed by atoms with E-state index in [-0.39, 0.29) is 12.6 Å². The molecule has 7 heteroatoms. The quantitative estimate of drug-likeness (QED) is 0.800. The number of hydrogen-bond acceptors (Lipinski definition) is 7. The van der Waals surface area contributed by atoms with Crippen molar-refractivity contribution in [2.45, 2.75) is 20.4 Å². The fraction of sp³-hybridized carbons (Fsp3) is 0.385. The van der Waals surface area contributed by atoms with Gasteiger partial charge in [0.1, 0.15) is 11.5 Å². The summed E-state index contributed by atoms with van der Waals surface area (Å²) < 4.78 is 16.3. The van der Waals surface area contributed by atoms with Crippen LogP contribution in [0.15, 0.2) is 22.6 Å². The van der Waals surface area contributed by atoms with E-state index in [0.29, 0.717) is 30.5 Å². The Morgan fingerprint density at radius 1 is 1.20 bits per heavy atom. The maximum atomic E-state index is 5.54. The van der Waals surface area contributed by atoms with Gasteiger partial charge in [0, 0.05) is 6.07 Å². The highest BCUT2D eigenvalue weighted by molar-refractivity contribution is 5.64. The van der Waals surface area contributed by atoms with Gasteiger partial charge in [-0.2, -0.15) is 0 Å². The van der Waals surface area contributed by atoms with Crippen molar-refractivity contribution in [3.63, 3.8) is 0 Å². The Balaban J connectivity index is 2.23. The number of ether oxygens (including phenoxy) is 2. The van der Waals surface area contributed by atoms with Crippen molar-refractivity contribution in [2.75, 3.05) is 18.5 Å². The normalized spacial score (nSPS) is 10.3. The highest BCUT2D eigenvalue weighted by atomic mass is 16.5. The highest BCUT2D eigenvalue weighted by Crippen LogP contribution is 2.31. The summed E-state index contributed by atoms with van der Waals surface area (Å²) in [6, 6.07) is 5.76. The molecule has 20 heavy (non-hydrogen) atoms. The average Bonchev–Trinajstić information content (AvgIpc) is 2.90. The molecule has 0 aliphatic heterocycles. The highest BCUT2D eigenvalue weighted by Gasteiger charge is 2.10. The molecule has 0 aliphatic rings. The average molecular weight is 278 g/mol. The van der Waals surface area contributed by atoms with Gasteiger partial charge in [-0.3, -0.25) is 0 Å². The lowest BCUT2D eigenvalue weighted by Crippen LogP contribution is -1.99. The van der Waals surface area contributed by atoms with Crippen molar-refractivity contribution >= 4 is 11.7 Å². The SMILES string of the molecule is CCOc1ccc(OCC)c(Nc2nnc(CN)o2)c1. The van der Waals surface area contributed by atoms with E-state index in [2.05, 4.69) is 15.5 Å². The molecule has 0 saturated heterocycles. The van der Waals surface area contributed by atoms with E-state index in [0.717, 1.165) is 5.75 Å². The summed E-state index contributed by atoms with van der Waals surface area (Å²) in [6.07, 6.45) is 0. The first-order valence-electron chi connectivity index (χ1n) is 6.46. The molecule has 7 nitrogen and oxygen atoms in total. The van der Waals surface area contributed by atoms with Gasteiger partial charge < -0.3 is 24.9 Å². The molecule has 1 aromatic heterocycles. The fourth-order valence-corrected chi connectivity index (χ4v) is 1.65. The Hall–Kier alpha value is -2.28. The summed E-state index contributed by atoms with van der Waals surface area (Å²) >= 11 is 0. The summed E-state index contributed by atoms with van der Waals surface area (Å²) in [4.78, 5) is 0. The van der Waals surface area contributed by atoms with Crippen LogP contribution >= 0.6 is 0 Å². The number of aromatic nitrogens is 2. The lowest BCUT2D eigenvalue weighted by molar-refractivity contribution is 0.332. The maximum absolute atomic E-state index is 5.54. The van der Waals surface area contributed by atoms with Crippen LogP contribution in [0.3, 0.4) is 0 Å². The molecule has 0 aliphatic carbocycles. The Morgan fingerprint density at radius 2 is 2.00 bits per heavy atom. The molecule has 0 fully saturated rings. The molecule has 0 unspecified atom stereocenters. The maximum Gasteiger partial charge on any atom is 0.320 e. The van der Waals surface area contributed by atoms with Gasteiger partial charge in [0.05, 0.1) is 25.4 Å². The third-order valence-electron chi connectivity index (χ3n) is 2.44. The number of benzene rings is 1. The molecule has 108 valence electrons. The molecule has 0 radical (unpaired) electrons. The Labute approximate surface area is 117 Å². The van der Waals surface area contributed by atoms with Crippen LogP contribution in [0.25, 0.3) is 0 Å². The van der Waals surface area contributed by atoms with Crippen LogP contribution in [0.5, 0.6) is 11.5 Å². The van der Waals surface area contributed by atoms with Crippen molar-refractivity contribution in [1.82, 2.24) is 10.2 Å². The van der Waals surface area contributed by atoms with E-state index in [1.807, 2.05) is 32.0 Å². The molecule has 1 aromatic carbocycles. The predicted molar refractivity (Wildman–Crippen MR) is 74.3 cm³/mol. The third kappa shape index (κ3) is 3.39. The summed E-state index contributed by atoms with van der Waals surface area (Å²) in [5.74, 6) is 1.78. The van der Waals surface area contributed by atoms with Crippen LogP contribution in [0.1, 0.15) is 19.7 Å². The van der Waals surface area contributed by atoms with Crippen LogP contribution in [0, 0.1) is 0 Å². The van der Waals surface area contributed by atoms with Gasteiger partial charge in [0.2, 0.25) is 5.89 Å². The molecule has 2 aromatic rings. The first kappa shape index (κ1) is 14.1. The van der Waals surface area contributed by atoms with E-state index in [1.165, 1.54) is 0 Å². The van der Waals surface area contributed by atoms with Gasteiger partial charge in [0.15, 0.2) is 0 Å². The smallest absolute Gasteiger partial charge is 0.320 e. The molecule has 0 bridgehead atoms. The monoisotopic (exact) mass is 278 g/mol.